The van der Waals surface area contributed by atoms with Crippen LogP contribution in [0, 0.1) is 11.3 Å². The minimum atomic E-state index is 0.386. The van der Waals surface area contributed by atoms with E-state index in [1.54, 1.807) is 0 Å². The Bertz CT molecular complexity index is 394. The summed E-state index contributed by atoms with van der Waals surface area (Å²) in [4.78, 5) is 0. The highest BCUT2D eigenvalue weighted by Gasteiger charge is 2.26. The molecule has 0 aromatic heterocycles. The molecule has 1 aliphatic carbocycles. The van der Waals surface area contributed by atoms with E-state index in [0.29, 0.717) is 5.41 Å². The molecule has 0 aromatic rings. The van der Waals surface area contributed by atoms with Gasteiger partial charge in [-0.1, -0.05) is 68.3 Å². The Kier molecular flexibility index (Phi) is 5.25. The summed E-state index contributed by atoms with van der Waals surface area (Å²) in [5, 5.41) is 0. The molecule has 0 amide bonds. The van der Waals surface area contributed by atoms with E-state index in [1.807, 2.05) is 6.08 Å². The fourth-order valence-corrected chi connectivity index (χ4v) is 3.19. The van der Waals surface area contributed by atoms with Gasteiger partial charge in [-0.05, 0) is 37.5 Å². The lowest BCUT2D eigenvalue weighted by Crippen LogP contribution is -2.20. The van der Waals surface area contributed by atoms with Crippen LogP contribution in [0.15, 0.2) is 47.5 Å². The molecule has 18 heavy (non-hydrogen) atoms. The molecule has 1 unspecified atom stereocenters. The van der Waals surface area contributed by atoms with Crippen LogP contribution in [0.5, 0.6) is 0 Å². The van der Waals surface area contributed by atoms with Crippen LogP contribution >= 0.6 is 0 Å². The molecule has 0 aliphatic heterocycles. The van der Waals surface area contributed by atoms with Crippen molar-refractivity contribution in [3.8, 4) is 0 Å². The molecule has 0 bridgehead atoms. The first kappa shape index (κ1) is 15.1. The maximum atomic E-state index is 3.86. The molecule has 0 spiro atoms. The van der Waals surface area contributed by atoms with E-state index in [9.17, 15) is 0 Å². The van der Waals surface area contributed by atoms with Crippen molar-refractivity contribution < 1.29 is 0 Å². The summed E-state index contributed by atoms with van der Waals surface area (Å²) >= 11 is 0. The van der Waals surface area contributed by atoms with Crippen LogP contribution in [0.1, 0.15) is 47.0 Å². The van der Waals surface area contributed by atoms with E-state index < -0.39 is 0 Å². The second-order valence-electron chi connectivity index (χ2n) is 6.43. The van der Waals surface area contributed by atoms with Crippen LogP contribution in [0.3, 0.4) is 0 Å². The molecule has 1 rings (SSSR count). The van der Waals surface area contributed by atoms with Crippen LogP contribution in [0.25, 0.3) is 0 Å². The lowest BCUT2D eigenvalue weighted by atomic mass is 9.68. The SMILES string of the molecule is B/C1=C(\C=C\C)CC(C)CC(C)(C)C\C1=C/C=C. The van der Waals surface area contributed by atoms with Crippen LogP contribution < -0.4 is 0 Å². The van der Waals surface area contributed by atoms with E-state index in [4.69, 9.17) is 0 Å². The lowest BCUT2D eigenvalue weighted by Gasteiger charge is -2.33. The van der Waals surface area contributed by atoms with Gasteiger partial charge in [0.15, 0.2) is 0 Å². The molecule has 0 fully saturated rings. The van der Waals surface area contributed by atoms with E-state index in [-0.39, 0.29) is 0 Å². The first-order valence-corrected chi connectivity index (χ1v) is 7.04. The molecule has 0 saturated heterocycles. The van der Waals surface area contributed by atoms with Gasteiger partial charge in [-0.15, -0.1) is 0 Å². The standard InChI is InChI=1S/C17H27B/c1-6-8-14-10-13(3)11-17(4,5)12-15(9-7-2)16(14)18/h6-9,13H,2,10-12,18H2,1,3-5H3/b8-6+,15-9+,16-14+. The Balaban J connectivity index is 3.24. The maximum absolute atomic E-state index is 3.86. The molecule has 1 aliphatic rings. The van der Waals surface area contributed by atoms with Crippen molar-refractivity contribution in [2.75, 3.05) is 0 Å². The maximum Gasteiger partial charge on any atom is 0.140 e. The zero-order chi connectivity index (χ0) is 13.8. The van der Waals surface area contributed by atoms with Crippen LogP contribution in [0.2, 0.25) is 0 Å². The average molecular weight is 242 g/mol. The zero-order valence-corrected chi connectivity index (χ0v) is 12.7. The van der Waals surface area contributed by atoms with E-state index >= 15 is 0 Å². The summed E-state index contributed by atoms with van der Waals surface area (Å²) in [6, 6.07) is 0. The Hall–Kier alpha value is -0.975. The van der Waals surface area contributed by atoms with Crippen LogP contribution in [-0.4, -0.2) is 7.85 Å². The van der Waals surface area contributed by atoms with Crippen LogP contribution in [-0.2, 0) is 0 Å². The molecule has 0 nitrogen and oxygen atoms in total. The average Bonchev–Trinajstić information content (AvgIpc) is 2.24. The third kappa shape index (κ3) is 4.05. The number of hydrogen-bond acceptors (Lipinski definition) is 0. The molecule has 1 heteroatoms. The van der Waals surface area contributed by atoms with Crippen molar-refractivity contribution in [3.63, 3.8) is 0 Å². The van der Waals surface area contributed by atoms with Gasteiger partial charge in [-0.3, -0.25) is 0 Å². The zero-order valence-electron chi connectivity index (χ0n) is 12.7. The number of allylic oxidation sites excluding steroid dienone is 7. The summed E-state index contributed by atoms with van der Waals surface area (Å²) in [6.07, 6.45) is 12.2. The third-order valence-corrected chi connectivity index (χ3v) is 3.79. The van der Waals surface area contributed by atoms with Crippen molar-refractivity contribution in [1.82, 2.24) is 0 Å². The summed E-state index contributed by atoms with van der Waals surface area (Å²) < 4.78 is 0. The minimum absolute atomic E-state index is 0.386. The van der Waals surface area contributed by atoms with E-state index in [2.05, 4.69) is 60.3 Å². The smallest absolute Gasteiger partial charge is 0.0991 e. The molecule has 0 heterocycles. The van der Waals surface area contributed by atoms with Gasteiger partial charge >= 0.3 is 0 Å². The van der Waals surface area contributed by atoms with E-state index in [1.165, 1.54) is 29.5 Å². The van der Waals surface area contributed by atoms with Gasteiger partial charge < -0.3 is 0 Å². The summed E-state index contributed by atoms with van der Waals surface area (Å²) in [6.45, 7) is 13.1. The first-order chi connectivity index (χ1) is 8.39. The second-order valence-corrected chi connectivity index (χ2v) is 6.43. The highest BCUT2D eigenvalue weighted by molar-refractivity contribution is 6.25. The van der Waals surface area contributed by atoms with Crippen molar-refractivity contribution >= 4 is 7.85 Å². The highest BCUT2D eigenvalue weighted by atomic mass is 14.3. The predicted molar refractivity (Wildman–Crippen MR) is 85.5 cm³/mol. The Labute approximate surface area is 114 Å². The quantitative estimate of drug-likeness (QED) is 0.629. The Morgan fingerprint density at radius 2 is 2.06 bits per heavy atom. The molecule has 1 atom stereocenters. The normalized spacial score (nSPS) is 31.3. The fraction of sp³-hybridized carbons (Fsp3) is 0.529. The van der Waals surface area contributed by atoms with Crippen molar-refractivity contribution in [1.29, 1.82) is 0 Å². The first-order valence-electron chi connectivity index (χ1n) is 7.04. The van der Waals surface area contributed by atoms with Gasteiger partial charge in [0.2, 0.25) is 0 Å². The van der Waals surface area contributed by atoms with Gasteiger partial charge in [0.05, 0.1) is 0 Å². The van der Waals surface area contributed by atoms with Gasteiger partial charge in [-0.25, -0.2) is 0 Å². The van der Waals surface area contributed by atoms with Crippen molar-refractivity contribution in [2.24, 2.45) is 11.3 Å². The van der Waals surface area contributed by atoms with Crippen molar-refractivity contribution in [2.45, 2.75) is 47.0 Å². The molecular weight excluding hydrogens is 215 g/mol. The summed E-state index contributed by atoms with van der Waals surface area (Å²) in [5.41, 5.74) is 4.79. The minimum Gasteiger partial charge on any atom is -0.0991 e. The highest BCUT2D eigenvalue weighted by Crippen LogP contribution is 2.39. The summed E-state index contributed by atoms with van der Waals surface area (Å²) in [5.74, 6) is 0.756. The third-order valence-electron chi connectivity index (χ3n) is 3.79. The number of rotatable bonds is 2. The molecular formula is C17H27B. The Morgan fingerprint density at radius 1 is 1.39 bits per heavy atom. The second kappa shape index (κ2) is 6.27. The van der Waals surface area contributed by atoms with Gasteiger partial charge in [-0.2, -0.15) is 0 Å². The lowest BCUT2D eigenvalue weighted by molar-refractivity contribution is 0.271. The molecule has 98 valence electrons. The van der Waals surface area contributed by atoms with Crippen molar-refractivity contribution in [3.05, 3.63) is 47.5 Å². The van der Waals surface area contributed by atoms with Gasteiger partial charge in [0.1, 0.15) is 7.85 Å². The van der Waals surface area contributed by atoms with Gasteiger partial charge in [0, 0.05) is 0 Å². The monoisotopic (exact) mass is 242 g/mol. The topological polar surface area (TPSA) is 0 Å². The van der Waals surface area contributed by atoms with Crippen LogP contribution in [0.4, 0.5) is 0 Å². The van der Waals surface area contributed by atoms with E-state index in [0.717, 1.165) is 12.3 Å². The molecule has 0 N–H and O–H groups in total. The number of hydrogen-bond donors (Lipinski definition) is 0. The van der Waals surface area contributed by atoms with Gasteiger partial charge in [0.25, 0.3) is 0 Å². The molecule has 0 radical (unpaired) electrons. The Morgan fingerprint density at radius 3 is 2.61 bits per heavy atom. The molecule has 0 aromatic carbocycles. The molecule has 0 saturated carbocycles. The summed E-state index contributed by atoms with van der Waals surface area (Å²) in [7, 11) is 2.26. The fourth-order valence-electron chi connectivity index (χ4n) is 3.19. The largest absolute Gasteiger partial charge is 0.140 e. The predicted octanol–water partition coefficient (Wildman–Crippen LogP) is 4.41.